The molecule has 2 aromatic heterocycles. The molecule has 0 spiro atoms. The average Bonchev–Trinajstić information content (AvgIpc) is 3.22. The van der Waals surface area contributed by atoms with Crippen LogP contribution in [0.25, 0.3) is 22.0 Å². The second-order valence-electron chi connectivity index (χ2n) is 7.35. The molecule has 4 rings (SSSR count). The van der Waals surface area contributed by atoms with Gasteiger partial charge in [-0.15, -0.1) is 5.10 Å². The first-order chi connectivity index (χ1) is 15.1. The minimum Gasteiger partial charge on any atom is -0.375 e. The summed E-state index contributed by atoms with van der Waals surface area (Å²) in [6.45, 7) is 1.31. The zero-order chi connectivity index (χ0) is 23.1. The SMILES string of the molecule is CCC(O)(c1cn(Cc2ccc3c(-c4ccc(F)c(F)c4)ccnc3c2)nn1)C(F)(F)F. The summed E-state index contributed by atoms with van der Waals surface area (Å²) in [4.78, 5) is 4.30. The first-order valence-corrected chi connectivity index (χ1v) is 9.65. The summed E-state index contributed by atoms with van der Waals surface area (Å²) >= 11 is 0. The third-order valence-electron chi connectivity index (χ3n) is 5.33. The number of halogens is 5. The molecule has 4 aromatic rings. The Morgan fingerprint density at radius 1 is 1.00 bits per heavy atom. The van der Waals surface area contributed by atoms with Crippen molar-refractivity contribution in [2.45, 2.75) is 31.7 Å². The van der Waals surface area contributed by atoms with Gasteiger partial charge in [0.25, 0.3) is 0 Å². The van der Waals surface area contributed by atoms with Gasteiger partial charge in [0.05, 0.1) is 18.3 Å². The molecule has 0 aliphatic heterocycles. The van der Waals surface area contributed by atoms with Crippen molar-refractivity contribution < 1.29 is 27.1 Å². The molecule has 166 valence electrons. The van der Waals surface area contributed by atoms with Crippen LogP contribution in [0.5, 0.6) is 0 Å². The molecule has 0 saturated heterocycles. The van der Waals surface area contributed by atoms with Gasteiger partial charge < -0.3 is 5.11 Å². The highest BCUT2D eigenvalue weighted by molar-refractivity contribution is 5.94. The quantitative estimate of drug-likeness (QED) is 0.438. The van der Waals surface area contributed by atoms with Crippen LogP contribution in [0.3, 0.4) is 0 Å². The molecule has 0 amide bonds. The summed E-state index contributed by atoms with van der Waals surface area (Å²) in [7, 11) is 0. The molecule has 32 heavy (non-hydrogen) atoms. The lowest BCUT2D eigenvalue weighted by Crippen LogP contribution is -2.42. The van der Waals surface area contributed by atoms with Crippen LogP contribution >= 0.6 is 0 Å². The summed E-state index contributed by atoms with van der Waals surface area (Å²) in [6, 6.07) is 10.5. The molecular formula is C22H17F5N4O. The van der Waals surface area contributed by atoms with E-state index in [0.29, 0.717) is 27.6 Å². The van der Waals surface area contributed by atoms with E-state index >= 15 is 0 Å². The summed E-state index contributed by atoms with van der Waals surface area (Å²) in [5, 5.41) is 17.9. The van der Waals surface area contributed by atoms with Crippen LogP contribution in [0.2, 0.25) is 0 Å². The lowest BCUT2D eigenvalue weighted by atomic mass is 9.96. The second-order valence-corrected chi connectivity index (χ2v) is 7.35. The van der Waals surface area contributed by atoms with E-state index in [1.54, 1.807) is 24.3 Å². The molecule has 1 N–H and O–H groups in total. The number of benzene rings is 2. The fraction of sp³-hybridized carbons (Fsp3) is 0.227. The summed E-state index contributed by atoms with van der Waals surface area (Å²) in [6.07, 6.45) is -2.89. The minimum atomic E-state index is -4.88. The molecule has 0 aliphatic carbocycles. The summed E-state index contributed by atoms with van der Waals surface area (Å²) in [5.41, 5.74) is -1.28. The van der Waals surface area contributed by atoms with Crippen molar-refractivity contribution in [1.29, 1.82) is 0 Å². The number of aromatic nitrogens is 4. The number of fused-ring (bicyclic) bond motifs is 1. The largest absolute Gasteiger partial charge is 0.423 e. The predicted molar refractivity (Wildman–Crippen MR) is 106 cm³/mol. The van der Waals surface area contributed by atoms with Crippen molar-refractivity contribution in [2.75, 3.05) is 0 Å². The number of hydrogen-bond donors (Lipinski definition) is 1. The van der Waals surface area contributed by atoms with E-state index in [1.165, 1.54) is 23.9 Å². The van der Waals surface area contributed by atoms with Crippen LogP contribution in [-0.2, 0) is 12.1 Å². The van der Waals surface area contributed by atoms with E-state index in [0.717, 1.165) is 18.3 Å². The highest BCUT2D eigenvalue weighted by Gasteiger charge is 2.55. The van der Waals surface area contributed by atoms with Gasteiger partial charge in [0.2, 0.25) is 5.60 Å². The van der Waals surface area contributed by atoms with Crippen molar-refractivity contribution in [3.63, 3.8) is 0 Å². The lowest BCUT2D eigenvalue weighted by Gasteiger charge is -2.26. The van der Waals surface area contributed by atoms with Crippen molar-refractivity contribution in [1.82, 2.24) is 20.0 Å². The maximum atomic E-state index is 13.7. The van der Waals surface area contributed by atoms with Crippen LogP contribution in [0.1, 0.15) is 24.6 Å². The normalized spacial score (nSPS) is 14.0. The molecule has 2 heterocycles. The Labute approximate surface area is 179 Å². The molecule has 10 heteroatoms. The van der Waals surface area contributed by atoms with E-state index in [-0.39, 0.29) is 6.54 Å². The molecule has 0 radical (unpaired) electrons. The zero-order valence-electron chi connectivity index (χ0n) is 16.7. The summed E-state index contributed by atoms with van der Waals surface area (Å²) < 4.78 is 67.9. The Bertz CT molecular complexity index is 1290. The Kier molecular flexibility index (Phi) is 5.41. The second kappa shape index (κ2) is 7.94. The fourth-order valence-corrected chi connectivity index (χ4v) is 3.49. The van der Waals surface area contributed by atoms with E-state index in [2.05, 4.69) is 15.3 Å². The molecule has 1 atom stereocenters. The van der Waals surface area contributed by atoms with Gasteiger partial charge in [-0.2, -0.15) is 13.2 Å². The van der Waals surface area contributed by atoms with Crippen molar-refractivity contribution in [3.8, 4) is 11.1 Å². The number of nitrogens with zero attached hydrogens (tertiary/aromatic N) is 4. The Balaban J connectivity index is 1.65. The number of pyridine rings is 1. The molecule has 1 unspecified atom stereocenters. The number of alkyl halides is 3. The third kappa shape index (κ3) is 3.81. The van der Waals surface area contributed by atoms with Crippen molar-refractivity contribution in [2.24, 2.45) is 0 Å². The van der Waals surface area contributed by atoms with E-state index in [1.807, 2.05) is 0 Å². The van der Waals surface area contributed by atoms with Gasteiger partial charge >= 0.3 is 6.18 Å². The standard InChI is InChI=1S/C22H17F5N4O/c1-2-21(32,22(25,26)27)20-12-31(30-29-20)11-13-3-5-16-15(7-8-28-19(16)9-13)14-4-6-17(23)18(24)10-14/h3-10,12,32H,2,11H2,1H3. The van der Waals surface area contributed by atoms with Crippen molar-refractivity contribution in [3.05, 3.63) is 77.8 Å². The van der Waals surface area contributed by atoms with E-state index in [9.17, 15) is 27.1 Å². The van der Waals surface area contributed by atoms with Gasteiger partial charge in [-0.3, -0.25) is 4.98 Å². The number of aliphatic hydroxyl groups is 1. The van der Waals surface area contributed by atoms with Crippen LogP contribution in [0.4, 0.5) is 22.0 Å². The first-order valence-electron chi connectivity index (χ1n) is 9.65. The molecule has 2 aromatic carbocycles. The van der Waals surface area contributed by atoms with Crippen LogP contribution in [0, 0.1) is 11.6 Å². The fourth-order valence-electron chi connectivity index (χ4n) is 3.49. The number of rotatable bonds is 5. The Hall–Kier alpha value is -3.40. The Morgan fingerprint density at radius 2 is 1.78 bits per heavy atom. The zero-order valence-corrected chi connectivity index (χ0v) is 16.7. The van der Waals surface area contributed by atoms with Gasteiger partial charge in [-0.1, -0.05) is 30.3 Å². The molecule has 5 nitrogen and oxygen atoms in total. The molecule has 0 fully saturated rings. The van der Waals surface area contributed by atoms with E-state index < -0.39 is 35.5 Å². The Morgan fingerprint density at radius 3 is 2.47 bits per heavy atom. The van der Waals surface area contributed by atoms with Gasteiger partial charge in [-0.05, 0) is 47.4 Å². The third-order valence-corrected chi connectivity index (χ3v) is 5.33. The predicted octanol–water partition coefficient (Wildman–Crippen LogP) is 4.98. The van der Waals surface area contributed by atoms with Crippen LogP contribution in [-0.4, -0.2) is 31.3 Å². The van der Waals surface area contributed by atoms with Gasteiger partial charge in [0.1, 0.15) is 5.69 Å². The minimum absolute atomic E-state index is 0.0949. The highest BCUT2D eigenvalue weighted by Crippen LogP contribution is 2.40. The van der Waals surface area contributed by atoms with Crippen LogP contribution in [0.15, 0.2) is 54.9 Å². The maximum absolute atomic E-state index is 13.7. The number of hydrogen-bond acceptors (Lipinski definition) is 4. The molecule has 0 bridgehead atoms. The lowest BCUT2D eigenvalue weighted by molar-refractivity contribution is -0.269. The van der Waals surface area contributed by atoms with Crippen molar-refractivity contribution >= 4 is 10.9 Å². The van der Waals surface area contributed by atoms with Gasteiger partial charge in [0.15, 0.2) is 11.6 Å². The van der Waals surface area contributed by atoms with Crippen LogP contribution < -0.4 is 0 Å². The molecular weight excluding hydrogens is 431 g/mol. The molecule has 0 aliphatic rings. The average molecular weight is 448 g/mol. The topological polar surface area (TPSA) is 63.8 Å². The monoisotopic (exact) mass is 448 g/mol. The van der Waals surface area contributed by atoms with Gasteiger partial charge in [0, 0.05) is 11.6 Å². The first kappa shape index (κ1) is 21.8. The highest BCUT2D eigenvalue weighted by atomic mass is 19.4. The maximum Gasteiger partial charge on any atom is 0.423 e. The summed E-state index contributed by atoms with van der Waals surface area (Å²) in [5.74, 6) is -1.90. The van der Waals surface area contributed by atoms with Gasteiger partial charge in [-0.25, -0.2) is 13.5 Å². The molecule has 0 saturated carbocycles. The smallest absolute Gasteiger partial charge is 0.375 e. The van der Waals surface area contributed by atoms with E-state index in [4.69, 9.17) is 0 Å².